The van der Waals surface area contributed by atoms with Gasteiger partial charge >= 0.3 is 5.97 Å². The predicted molar refractivity (Wildman–Crippen MR) is 104 cm³/mol. The van der Waals surface area contributed by atoms with E-state index in [0.717, 1.165) is 16.8 Å². The molecule has 2 amide bonds. The lowest BCUT2D eigenvalue weighted by molar-refractivity contribution is -0.118. The van der Waals surface area contributed by atoms with Gasteiger partial charge in [0.1, 0.15) is 5.75 Å². The van der Waals surface area contributed by atoms with Crippen molar-refractivity contribution in [2.24, 2.45) is 0 Å². The fourth-order valence-electron chi connectivity index (χ4n) is 3.29. The summed E-state index contributed by atoms with van der Waals surface area (Å²) in [6, 6.07) is 10.0. The lowest BCUT2D eigenvalue weighted by Gasteiger charge is -2.26. The van der Waals surface area contributed by atoms with Crippen LogP contribution in [0.2, 0.25) is 0 Å². The Labute approximate surface area is 162 Å². The molecule has 146 valence electrons. The highest BCUT2D eigenvalue weighted by atomic mass is 16.5. The lowest BCUT2D eigenvalue weighted by atomic mass is 9.99. The van der Waals surface area contributed by atoms with Crippen LogP contribution in [0.4, 0.5) is 5.69 Å². The third-order valence-electron chi connectivity index (χ3n) is 4.90. The lowest BCUT2D eigenvalue weighted by Crippen LogP contribution is -2.31. The van der Waals surface area contributed by atoms with Gasteiger partial charge in [-0.2, -0.15) is 0 Å². The van der Waals surface area contributed by atoms with Crippen LogP contribution in [0.3, 0.4) is 0 Å². The summed E-state index contributed by atoms with van der Waals surface area (Å²) in [5.41, 5.74) is 3.35. The van der Waals surface area contributed by atoms with Gasteiger partial charge < -0.3 is 20.1 Å². The molecule has 2 aromatic rings. The quantitative estimate of drug-likeness (QED) is 0.799. The number of carboxylic acids is 1. The van der Waals surface area contributed by atoms with Crippen LogP contribution in [-0.4, -0.2) is 43.6 Å². The minimum Gasteiger partial charge on any atom is -0.496 e. The molecular weight excluding hydrogens is 360 g/mol. The number of anilines is 1. The number of ether oxygens (including phenoxy) is 1. The molecule has 0 aromatic heterocycles. The fraction of sp³-hybridized carbons (Fsp3) is 0.286. The Kier molecular flexibility index (Phi) is 5.63. The molecule has 1 aliphatic rings. The summed E-state index contributed by atoms with van der Waals surface area (Å²) in [5.74, 6) is -0.649. The zero-order valence-corrected chi connectivity index (χ0v) is 15.8. The number of rotatable bonds is 6. The topological polar surface area (TPSA) is 95.9 Å². The second-order valence-electron chi connectivity index (χ2n) is 6.63. The molecule has 28 heavy (non-hydrogen) atoms. The first-order chi connectivity index (χ1) is 13.4. The Morgan fingerprint density at radius 3 is 2.61 bits per heavy atom. The monoisotopic (exact) mass is 382 g/mol. The summed E-state index contributed by atoms with van der Waals surface area (Å²) >= 11 is 0. The number of carbonyl (C=O) groups is 3. The normalized spacial score (nSPS) is 13.1. The molecule has 0 saturated heterocycles. The smallest absolute Gasteiger partial charge is 0.335 e. The predicted octanol–water partition coefficient (Wildman–Crippen LogP) is 2.27. The maximum atomic E-state index is 12.5. The molecule has 7 nitrogen and oxygen atoms in total. The summed E-state index contributed by atoms with van der Waals surface area (Å²) in [4.78, 5) is 36.9. The molecule has 1 heterocycles. The molecule has 2 aromatic carbocycles. The molecular formula is C21H22N2O5. The third-order valence-corrected chi connectivity index (χ3v) is 4.90. The first kappa shape index (κ1) is 19.4. The molecule has 0 radical (unpaired) electrons. The average molecular weight is 382 g/mol. The van der Waals surface area contributed by atoms with E-state index in [0.29, 0.717) is 37.1 Å². The van der Waals surface area contributed by atoms with Crippen LogP contribution in [-0.2, 0) is 17.6 Å². The van der Waals surface area contributed by atoms with Gasteiger partial charge in [0.05, 0.1) is 12.7 Å². The summed E-state index contributed by atoms with van der Waals surface area (Å²) in [6.45, 7) is 0.386. The number of amides is 2. The van der Waals surface area contributed by atoms with Gasteiger partial charge in [0.2, 0.25) is 5.91 Å². The molecule has 0 aliphatic carbocycles. The van der Waals surface area contributed by atoms with Crippen molar-refractivity contribution in [1.29, 1.82) is 0 Å². The fourth-order valence-corrected chi connectivity index (χ4v) is 3.29. The number of aromatic carboxylic acids is 1. The zero-order chi connectivity index (χ0) is 20.3. The standard InChI is InChI=1S/C21H22N2O5/c1-23-17-7-5-15(11-14(17)6-8-19(23)24)20(25)22-10-9-13-3-4-16(21(26)27)12-18(13)28-2/h3-5,7,11-12H,6,8-10H2,1-2H3,(H,22,25)(H,26,27). The molecule has 0 saturated carbocycles. The van der Waals surface area contributed by atoms with E-state index in [1.165, 1.54) is 19.2 Å². The Bertz CT molecular complexity index is 938. The number of methoxy groups -OCH3 is 1. The second-order valence-corrected chi connectivity index (χ2v) is 6.63. The summed E-state index contributed by atoms with van der Waals surface area (Å²) in [5, 5.41) is 11.9. The van der Waals surface area contributed by atoms with Crippen LogP contribution in [0.25, 0.3) is 0 Å². The molecule has 3 rings (SSSR count). The number of hydrogen-bond donors (Lipinski definition) is 2. The Morgan fingerprint density at radius 2 is 1.89 bits per heavy atom. The van der Waals surface area contributed by atoms with Crippen molar-refractivity contribution >= 4 is 23.5 Å². The van der Waals surface area contributed by atoms with Gasteiger partial charge in [-0.25, -0.2) is 4.79 Å². The van der Waals surface area contributed by atoms with Crippen molar-refractivity contribution in [3.05, 3.63) is 58.7 Å². The highest BCUT2D eigenvalue weighted by molar-refractivity contribution is 5.99. The van der Waals surface area contributed by atoms with Crippen molar-refractivity contribution in [3.63, 3.8) is 0 Å². The highest BCUT2D eigenvalue weighted by Gasteiger charge is 2.21. The number of aryl methyl sites for hydroxylation is 1. The van der Waals surface area contributed by atoms with Crippen molar-refractivity contribution in [3.8, 4) is 5.75 Å². The Hall–Kier alpha value is -3.35. The van der Waals surface area contributed by atoms with Gasteiger partial charge in [0.25, 0.3) is 5.91 Å². The van der Waals surface area contributed by atoms with Gasteiger partial charge in [0, 0.05) is 31.3 Å². The highest BCUT2D eigenvalue weighted by Crippen LogP contribution is 2.27. The van der Waals surface area contributed by atoms with E-state index in [2.05, 4.69) is 5.32 Å². The zero-order valence-electron chi connectivity index (χ0n) is 15.8. The number of fused-ring (bicyclic) bond motifs is 1. The number of carboxylic acid groups (broad SMARTS) is 1. The summed E-state index contributed by atoms with van der Waals surface area (Å²) in [7, 11) is 3.22. The van der Waals surface area contributed by atoms with Crippen molar-refractivity contribution < 1.29 is 24.2 Å². The van der Waals surface area contributed by atoms with Crippen LogP contribution in [0.15, 0.2) is 36.4 Å². The SMILES string of the molecule is COc1cc(C(=O)O)ccc1CCNC(=O)c1ccc2c(c1)CCC(=O)N2C. The molecule has 7 heteroatoms. The van der Waals surface area contributed by atoms with E-state index in [9.17, 15) is 14.4 Å². The van der Waals surface area contributed by atoms with Crippen LogP contribution in [0.1, 0.15) is 38.3 Å². The van der Waals surface area contributed by atoms with Gasteiger partial charge in [-0.1, -0.05) is 6.07 Å². The van der Waals surface area contributed by atoms with E-state index < -0.39 is 5.97 Å². The second kappa shape index (κ2) is 8.12. The first-order valence-electron chi connectivity index (χ1n) is 8.98. The van der Waals surface area contributed by atoms with Crippen molar-refractivity contribution in [2.45, 2.75) is 19.3 Å². The number of nitrogens with zero attached hydrogens (tertiary/aromatic N) is 1. The Balaban J connectivity index is 1.64. The summed E-state index contributed by atoms with van der Waals surface area (Å²) < 4.78 is 5.25. The van der Waals surface area contributed by atoms with E-state index in [1.54, 1.807) is 30.1 Å². The average Bonchev–Trinajstić information content (AvgIpc) is 2.70. The molecule has 0 atom stereocenters. The van der Waals surface area contributed by atoms with E-state index in [4.69, 9.17) is 9.84 Å². The number of hydrogen-bond acceptors (Lipinski definition) is 4. The molecule has 0 spiro atoms. The largest absolute Gasteiger partial charge is 0.496 e. The number of carbonyl (C=O) groups excluding carboxylic acids is 2. The molecule has 2 N–H and O–H groups in total. The van der Waals surface area contributed by atoms with Gasteiger partial charge in [-0.3, -0.25) is 9.59 Å². The van der Waals surface area contributed by atoms with E-state index in [-0.39, 0.29) is 17.4 Å². The molecule has 0 unspecified atom stereocenters. The molecule has 0 fully saturated rings. The third kappa shape index (κ3) is 3.98. The number of benzene rings is 2. The number of nitrogens with one attached hydrogen (secondary N) is 1. The van der Waals surface area contributed by atoms with Crippen LogP contribution in [0, 0.1) is 0 Å². The summed E-state index contributed by atoms with van der Waals surface area (Å²) in [6.07, 6.45) is 1.59. The van der Waals surface area contributed by atoms with Crippen molar-refractivity contribution in [2.75, 3.05) is 25.6 Å². The maximum absolute atomic E-state index is 12.5. The van der Waals surface area contributed by atoms with Crippen molar-refractivity contribution in [1.82, 2.24) is 5.32 Å². The van der Waals surface area contributed by atoms with Gasteiger partial charge in [-0.05, 0) is 54.3 Å². The minimum absolute atomic E-state index is 0.0764. The maximum Gasteiger partial charge on any atom is 0.335 e. The van der Waals surface area contributed by atoms with E-state index in [1.807, 2.05) is 6.07 Å². The van der Waals surface area contributed by atoms with Gasteiger partial charge in [-0.15, -0.1) is 0 Å². The minimum atomic E-state index is -1.02. The van der Waals surface area contributed by atoms with Crippen LogP contribution in [0.5, 0.6) is 5.75 Å². The van der Waals surface area contributed by atoms with Gasteiger partial charge in [0.15, 0.2) is 0 Å². The Morgan fingerprint density at radius 1 is 1.14 bits per heavy atom. The van der Waals surface area contributed by atoms with E-state index >= 15 is 0 Å². The van der Waals surface area contributed by atoms with Crippen LogP contribution >= 0.6 is 0 Å². The van der Waals surface area contributed by atoms with Crippen LogP contribution < -0.4 is 15.0 Å². The molecule has 0 bridgehead atoms. The molecule has 1 aliphatic heterocycles. The first-order valence-corrected chi connectivity index (χ1v) is 8.98.